The monoisotopic (exact) mass is 346 g/mol. The molecule has 1 amide bonds. The van der Waals surface area contributed by atoms with Crippen molar-refractivity contribution in [3.05, 3.63) is 63.8 Å². The third-order valence-electron chi connectivity index (χ3n) is 3.10. The Morgan fingerprint density at radius 1 is 1.17 bits per heavy atom. The summed E-state index contributed by atoms with van der Waals surface area (Å²) >= 11 is 12.3. The number of nitriles is 1. The molecule has 0 aliphatic heterocycles. The maximum atomic E-state index is 11.9. The highest BCUT2D eigenvalue weighted by atomic mass is 35.5. The lowest BCUT2D eigenvalue weighted by atomic mass is 10.1. The van der Waals surface area contributed by atoms with Gasteiger partial charge in [-0.2, -0.15) is 5.26 Å². The molecular formula is C17H12Cl2N2O2. The summed E-state index contributed by atoms with van der Waals surface area (Å²) < 4.78 is 0. The highest BCUT2D eigenvalue weighted by molar-refractivity contribution is 6.35. The van der Waals surface area contributed by atoms with Crippen molar-refractivity contribution in [3.8, 4) is 17.2 Å². The van der Waals surface area contributed by atoms with E-state index in [4.69, 9.17) is 28.5 Å². The van der Waals surface area contributed by atoms with Gasteiger partial charge in [-0.1, -0.05) is 47.5 Å². The van der Waals surface area contributed by atoms with E-state index in [9.17, 15) is 9.90 Å². The lowest BCUT2D eigenvalue weighted by Crippen LogP contribution is -2.15. The number of benzene rings is 2. The zero-order chi connectivity index (χ0) is 17.0. The molecule has 0 spiro atoms. The van der Waals surface area contributed by atoms with Crippen LogP contribution in [0.3, 0.4) is 0 Å². The minimum atomic E-state index is -0.722. The van der Waals surface area contributed by atoms with E-state index in [2.05, 4.69) is 5.32 Å². The van der Waals surface area contributed by atoms with E-state index in [0.717, 1.165) is 11.1 Å². The first-order chi connectivity index (χ1) is 10.9. The van der Waals surface area contributed by atoms with Crippen molar-refractivity contribution in [1.82, 2.24) is 0 Å². The minimum absolute atomic E-state index is 0.295. The van der Waals surface area contributed by atoms with Gasteiger partial charge in [-0.05, 0) is 30.7 Å². The fourth-order valence-corrected chi connectivity index (χ4v) is 2.43. The third-order valence-corrected chi connectivity index (χ3v) is 3.75. The molecule has 0 aliphatic rings. The second-order valence-corrected chi connectivity index (χ2v) is 5.52. The first-order valence-corrected chi connectivity index (χ1v) is 7.35. The van der Waals surface area contributed by atoms with Crippen molar-refractivity contribution < 1.29 is 9.90 Å². The van der Waals surface area contributed by atoms with Crippen molar-refractivity contribution in [2.45, 2.75) is 6.92 Å². The van der Waals surface area contributed by atoms with Gasteiger partial charge in [0.1, 0.15) is 11.8 Å². The van der Waals surface area contributed by atoms with Crippen molar-refractivity contribution in [3.63, 3.8) is 0 Å². The van der Waals surface area contributed by atoms with Crippen LogP contribution < -0.4 is 5.32 Å². The summed E-state index contributed by atoms with van der Waals surface area (Å²) in [6, 6.07) is 14.0. The number of allylic oxidation sites excluding steroid dienone is 1. The van der Waals surface area contributed by atoms with Crippen molar-refractivity contribution >= 4 is 34.8 Å². The Morgan fingerprint density at radius 2 is 1.87 bits per heavy atom. The lowest BCUT2D eigenvalue weighted by Gasteiger charge is -2.10. The summed E-state index contributed by atoms with van der Waals surface area (Å²) in [6.07, 6.45) is 0. The van der Waals surface area contributed by atoms with Gasteiger partial charge in [-0.3, -0.25) is 4.79 Å². The maximum Gasteiger partial charge on any atom is 0.269 e. The molecule has 0 atom stereocenters. The van der Waals surface area contributed by atoms with E-state index < -0.39 is 5.91 Å². The zero-order valence-corrected chi connectivity index (χ0v) is 13.6. The summed E-state index contributed by atoms with van der Waals surface area (Å²) in [5, 5.41) is 21.5. The molecule has 0 saturated heterocycles. The minimum Gasteiger partial charge on any atom is -0.511 e. The van der Waals surface area contributed by atoms with Gasteiger partial charge in [-0.25, -0.2) is 0 Å². The van der Waals surface area contributed by atoms with Crippen LogP contribution in [0.2, 0.25) is 10.0 Å². The molecule has 23 heavy (non-hydrogen) atoms. The number of rotatable bonds is 3. The molecule has 0 bridgehead atoms. The molecule has 2 aromatic rings. The number of hydrogen-bond acceptors (Lipinski definition) is 3. The largest absolute Gasteiger partial charge is 0.511 e. The number of halogens is 2. The Kier molecular flexibility index (Phi) is 5.28. The molecule has 2 rings (SSSR count). The number of aliphatic hydroxyl groups is 1. The number of aliphatic hydroxyl groups excluding tert-OH is 1. The van der Waals surface area contributed by atoms with Gasteiger partial charge in [0.05, 0.1) is 10.7 Å². The molecule has 0 saturated carbocycles. The summed E-state index contributed by atoms with van der Waals surface area (Å²) in [6.45, 7) is 1.26. The van der Waals surface area contributed by atoms with Crippen LogP contribution in [-0.4, -0.2) is 11.0 Å². The second kappa shape index (κ2) is 7.19. The Balaban J connectivity index is 2.31. The van der Waals surface area contributed by atoms with Crippen LogP contribution in [-0.2, 0) is 4.79 Å². The maximum absolute atomic E-state index is 11.9. The number of nitrogens with one attached hydrogen (secondary N) is 1. The molecule has 116 valence electrons. The number of anilines is 1. The van der Waals surface area contributed by atoms with Crippen LogP contribution in [0.25, 0.3) is 11.1 Å². The van der Waals surface area contributed by atoms with Gasteiger partial charge >= 0.3 is 0 Å². The fourth-order valence-electron chi connectivity index (χ4n) is 1.96. The van der Waals surface area contributed by atoms with Gasteiger partial charge < -0.3 is 10.4 Å². The Labute approximate surface area is 143 Å². The highest BCUT2D eigenvalue weighted by Crippen LogP contribution is 2.32. The van der Waals surface area contributed by atoms with E-state index in [1.807, 2.05) is 18.2 Å². The first-order valence-electron chi connectivity index (χ1n) is 6.59. The van der Waals surface area contributed by atoms with Crippen LogP contribution in [0.4, 0.5) is 5.69 Å². The van der Waals surface area contributed by atoms with E-state index in [1.54, 1.807) is 30.3 Å². The Bertz CT molecular complexity index is 835. The third kappa shape index (κ3) is 3.84. The van der Waals surface area contributed by atoms with Crippen molar-refractivity contribution in [2.24, 2.45) is 0 Å². The van der Waals surface area contributed by atoms with Crippen molar-refractivity contribution in [1.29, 1.82) is 5.26 Å². The summed E-state index contributed by atoms with van der Waals surface area (Å²) in [5.74, 6) is -1.08. The molecule has 0 aromatic heterocycles. The van der Waals surface area contributed by atoms with Gasteiger partial charge in [0.2, 0.25) is 0 Å². The first kappa shape index (κ1) is 16.9. The van der Waals surface area contributed by atoms with Crippen molar-refractivity contribution in [2.75, 3.05) is 5.32 Å². The molecule has 0 aliphatic carbocycles. The normalized spacial score (nSPS) is 11.4. The molecule has 0 radical (unpaired) electrons. The number of carbonyl (C=O) groups is 1. The van der Waals surface area contributed by atoms with Crippen LogP contribution in [0.5, 0.6) is 0 Å². The highest BCUT2D eigenvalue weighted by Gasteiger charge is 2.15. The molecule has 0 fully saturated rings. The topological polar surface area (TPSA) is 73.1 Å². The van der Waals surface area contributed by atoms with Crippen LogP contribution in [0.1, 0.15) is 6.92 Å². The fraction of sp³-hybridized carbons (Fsp3) is 0.0588. The van der Waals surface area contributed by atoms with Gasteiger partial charge in [0.25, 0.3) is 5.91 Å². The van der Waals surface area contributed by atoms with E-state index in [-0.39, 0.29) is 11.3 Å². The summed E-state index contributed by atoms with van der Waals surface area (Å²) in [5.41, 5.74) is 1.59. The zero-order valence-electron chi connectivity index (χ0n) is 12.1. The standard InChI is InChI=1S/C17H12Cl2N2O2/c1-10(22)13(9-20)17(23)21-16-7-6-11(8-15(16)19)12-4-2-3-5-14(12)18/h2-8,22H,1H3,(H,21,23). The van der Waals surface area contributed by atoms with Crippen LogP contribution in [0, 0.1) is 11.3 Å². The quantitative estimate of drug-likeness (QED) is 0.468. The SMILES string of the molecule is CC(O)=C(C#N)C(=O)Nc1ccc(-c2ccccc2Cl)cc1Cl. The average Bonchev–Trinajstić information content (AvgIpc) is 2.50. The molecule has 0 unspecified atom stereocenters. The van der Waals surface area contributed by atoms with Gasteiger partial charge in [0, 0.05) is 10.6 Å². The van der Waals surface area contributed by atoms with E-state index >= 15 is 0 Å². The molecule has 2 aromatic carbocycles. The molecule has 0 heterocycles. The number of carbonyl (C=O) groups excluding carboxylic acids is 1. The predicted molar refractivity (Wildman–Crippen MR) is 91.5 cm³/mol. The predicted octanol–water partition coefficient (Wildman–Crippen LogP) is 4.95. The van der Waals surface area contributed by atoms with E-state index in [0.29, 0.717) is 15.7 Å². The smallest absolute Gasteiger partial charge is 0.269 e. The number of amides is 1. The molecule has 2 N–H and O–H groups in total. The molecule has 6 heteroatoms. The molecule has 4 nitrogen and oxygen atoms in total. The van der Waals surface area contributed by atoms with Gasteiger partial charge in [-0.15, -0.1) is 0 Å². The van der Waals surface area contributed by atoms with Crippen LogP contribution in [0.15, 0.2) is 53.8 Å². The lowest BCUT2D eigenvalue weighted by molar-refractivity contribution is -0.112. The summed E-state index contributed by atoms with van der Waals surface area (Å²) in [7, 11) is 0. The van der Waals surface area contributed by atoms with Gasteiger partial charge in [0.15, 0.2) is 5.57 Å². The Hall–Kier alpha value is -2.48. The number of nitrogens with zero attached hydrogens (tertiary/aromatic N) is 1. The molecular weight excluding hydrogens is 335 g/mol. The summed E-state index contributed by atoms with van der Waals surface area (Å²) in [4.78, 5) is 11.9. The second-order valence-electron chi connectivity index (χ2n) is 4.70. The van der Waals surface area contributed by atoms with Crippen LogP contribution >= 0.6 is 23.2 Å². The number of hydrogen-bond donors (Lipinski definition) is 2. The average molecular weight is 347 g/mol. The Morgan fingerprint density at radius 3 is 2.43 bits per heavy atom. The van der Waals surface area contributed by atoms with E-state index in [1.165, 1.54) is 6.92 Å².